The van der Waals surface area contributed by atoms with Crippen molar-refractivity contribution in [2.75, 3.05) is 27.2 Å². The number of hydrogen-bond acceptors (Lipinski definition) is 4. The molecule has 0 fully saturated rings. The van der Waals surface area contributed by atoms with Gasteiger partial charge in [0.1, 0.15) is 0 Å². The minimum Gasteiger partial charge on any atom is -0.390 e. The van der Waals surface area contributed by atoms with Crippen LogP contribution < -0.4 is 5.32 Å². The van der Waals surface area contributed by atoms with Gasteiger partial charge in [-0.1, -0.05) is 12.1 Å². The SMILES string of the molecule is CN(C)CC(O)CNCc1cccc(-n2cccn2)c1. The Kier molecular flexibility index (Phi) is 5.29. The molecule has 1 unspecified atom stereocenters. The van der Waals surface area contributed by atoms with Crippen LogP contribution >= 0.6 is 0 Å². The van der Waals surface area contributed by atoms with Crippen LogP contribution in [0.1, 0.15) is 5.56 Å². The van der Waals surface area contributed by atoms with Gasteiger partial charge in [-0.25, -0.2) is 4.68 Å². The maximum absolute atomic E-state index is 9.78. The zero-order valence-electron chi connectivity index (χ0n) is 12.0. The van der Waals surface area contributed by atoms with Crippen molar-refractivity contribution in [3.8, 4) is 5.69 Å². The summed E-state index contributed by atoms with van der Waals surface area (Å²) in [6.07, 6.45) is 3.34. The molecule has 0 amide bonds. The van der Waals surface area contributed by atoms with Gasteiger partial charge in [0.05, 0.1) is 11.8 Å². The summed E-state index contributed by atoms with van der Waals surface area (Å²) in [7, 11) is 3.91. The van der Waals surface area contributed by atoms with E-state index in [9.17, 15) is 5.11 Å². The van der Waals surface area contributed by atoms with E-state index in [1.54, 1.807) is 6.20 Å². The molecular weight excluding hydrogens is 252 g/mol. The molecule has 0 saturated heterocycles. The van der Waals surface area contributed by atoms with Gasteiger partial charge in [0.2, 0.25) is 0 Å². The molecule has 5 heteroatoms. The maximum atomic E-state index is 9.78. The highest BCUT2D eigenvalue weighted by molar-refractivity contribution is 5.34. The van der Waals surface area contributed by atoms with Crippen LogP contribution in [0.4, 0.5) is 0 Å². The number of benzene rings is 1. The van der Waals surface area contributed by atoms with Gasteiger partial charge < -0.3 is 15.3 Å². The van der Waals surface area contributed by atoms with Crippen LogP contribution in [0.15, 0.2) is 42.7 Å². The standard InChI is InChI=1S/C15H22N4O/c1-18(2)12-15(20)11-16-10-13-5-3-6-14(9-13)19-8-4-7-17-19/h3-9,15-16,20H,10-12H2,1-2H3. The normalized spacial score (nSPS) is 12.8. The smallest absolute Gasteiger partial charge is 0.0791 e. The third-order valence-corrected chi connectivity index (χ3v) is 2.96. The molecule has 0 saturated carbocycles. The number of aliphatic hydroxyl groups is 1. The molecule has 2 aromatic rings. The molecule has 108 valence electrons. The van der Waals surface area contributed by atoms with Gasteiger partial charge in [0.25, 0.3) is 0 Å². The summed E-state index contributed by atoms with van der Waals surface area (Å²) >= 11 is 0. The Labute approximate surface area is 119 Å². The number of nitrogens with zero attached hydrogens (tertiary/aromatic N) is 3. The first-order valence-corrected chi connectivity index (χ1v) is 6.77. The van der Waals surface area contributed by atoms with E-state index in [0.717, 1.165) is 12.2 Å². The molecule has 2 N–H and O–H groups in total. The Morgan fingerprint density at radius 1 is 1.35 bits per heavy atom. The van der Waals surface area contributed by atoms with Crippen molar-refractivity contribution in [2.45, 2.75) is 12.6 Å². The van der Waals surface area contributed by atoms with E-state index in [1.165, 1.54) is 5.56 Å². The predicted molar refractivity (Wildman–Crippen MR) is 79.8 cm³/mol. The quantitative estimate of drug-likeness (QED) is 0.787. The lowest BCUT2D eigenvalue weighted by Gasteiger charge is -2.16. The second-order valence-electron chi connectivity index (χ2n) is 5.17. The lowest BCUT2D eigenvalue weighted by molar-refractivity contribution is 0.134. The van der Waals surface area contributed by atoms with Gasteiger partial charge in [0, 0.05) is 32.0 Å². The Hall–Kier alpha value is -1.69. The third kappa shape index (κ3) is 4.45. The monoisotopic (exact) mass is 274 g/mol. The molecule has 1 atom stereocenters. The van der Waals surface area contributed by atoms with Crippen LogP contribution in [0.25, 0.3) is 5.69 Å². The van der Waals surface area contributed by atoms with E-state index >= 15 is 0 Å². The number of aromatic nitrogens is 2. The number of aliphatic hydroxyl groups excluding tert-OH is 1. The summed E-state index contributed by atoms with van der Waals surface area (Å²) in [5.74, 6) is 0. The largest absolute Gasteiger partial charge is 0.390 e. The molecule has 0 bridgehead atoms. The van der Waals surface area contributed by atoms with E-state index in [1.807, 2.05) is 48.1 Å². The zero-order valence-corrected chi connectivity index (χ0v) is 12.0. The number of hydrogen-bond donors (Lipinski definition) is 2. The van der Waals surface area contributed by atoms with Crippen LogP contribution in [-0.4, -0.2) is 53.1 Å². The first-order valence-electron chi connectivity index (χ1n) is 6.77. The van der Waals surface area contributed by atoms with Crippen molar-refractivity contribution in [1.82, 2.24) is 20.0 Å². The summed E-state index contributed by atoms with van der Waals surface area (Å²) in [5.41, 5.74) is 2.22. The van der Waals surface area contributed by atoms with Crippen molar-refractivity contribution >= 4 is 0 Å². The molecule has 1 heterocycles. The minimum absolute atomic E-state index is 0.348. The van der Waals surface area contributed by atoms with Crippen LogP contribution in [-0.2, 0) is 6.54 Å². The average Bonchev–Trinajstić information content (AvgIpc) is 2.92. The van der Waals surface area contributed by atoms with E-state index < -0.39 is 0 Å². The van der Waals surface area contributed by atoms with Crippen molar-refractivity contribution in [3.63, 3.8) is 0 Å². The summed E-state index contributed by atoms with van der Waals surface area (Å²) < 4.78 is 1.84. The van der Waals surface area contributed by atoms with E-state index in [0.29, 0.717) is 13.1 Å². The number of likely N-dealkylation sites (N-methyl/N-ethyl adjacent to an activating group) is 1. The van der Waals surface area contributed by atoms with E-state index in [2.05, 4.69) is 22.5 Å². The first kappa shape index (κ1) is 14.7. The van der Waals surface area contributed by atoms with Crippen LogP contribution in [0.3, 0.4) is 0 Å². The summed E-state index contributed by atoms with van der Waals surface area (Å²) in [6, 6.07) is 10.1. The predicted octanol–water partition coefficient (Wildman–Crippen LogP) is 0.884. The Morgan fingerprint density at radius 3 is 2.90 bits per heavy atom. The lowest BCUT2D eigenvalue weighted by atomic mass is 10.2. The highest BCUT2D eigenvalue weighted by Gasteiger charge is 2.05. The van der Waals surface area contributed by atoms with Crippen molar-refractivity contribution in [1.29, 1.82) is 0 Å². The van der Waals surface area contributed by atoms with Crippen LogP contribution in [0.5, 0.6) is 0 Å². The second kappa shape index (κ2) is 7.19. The average molecular weight is 274 g/mol. The van der Waals surface area contributed by atoms with Gasteiger partial charge in [-0.15, -0.1) is 0 Å². The van der Waals surface area contributed by atoms with Crippen LogP contribution in [0.2, 0.25) is 0 Å². The summed E-state index contributed by atoms with van der Waals surface area (Å²) in [5, 5.41) is 17.3. The lowest BCUT2D eigenvalue weighted by Crippen LogP contribution is -2.34. The molecule has 2 rings (SSSR count). The molecule has 0 spiro atoms. The van der Waals surface area contributed by atoms with Crippen molar-refractivity contribution in [2.24, 2.45) is 0 Å². The van der Waals surface area contributed by atoms with Crippen molar-refractivity contribution in [3.05, 3.63) is 48.3 Å². The van der Waals surface area contributed by atoms with Gasteiger partial charge in [-0.2, -0.15) is 5.10 Å². The summed E-state index contributed by atoms with van der Waals surface area (Å²) in [4.78, 5) is 1.98. The maximum Gasteiger partial charge on any atom is 0.0791 e. The molecule has 0 aliphatic carbocycles. The topological polar surface area (TPSA) is 53.3 Å². The molecule has 5 nitrogen and oxygen atoms in total. The van der Waals surface area contributed by atoms with Gasteiger partial charge in [-0.3, -0.25) is 0 Å². The Morgan fingerprint density at radius 2 is 2.20 bits per heavy atom. The third-order valence-electron chi connectivity index (χ3n) is 2.96. The van der Waals surface area contributed by atoms with Gasteiger partial charge in [0.15, 0.2) is 0 Å². The molecule has 0 aliphatic rings. The van der Waals surface area contributed by atoms with Crippen molar-refractivity contribution < 1.29 is 5.11 Å². The van der Waals surface area contributed by atoms with Gasteiger partial charge in [-0.05, 0) is 37.9 Å². The van der Waals surface area contributed by atoms with E-state index in [4.69, 9.17) is 0 Å². The molecule has 0 radical (unpaired) electrons. The Bertz CT molecular complexity index is 510. The van der Waals surface area contributed by atoms with Gasteiger partial charge >= 0.3 is 0 Å². The second-order valence-corrected chi connectivity index (χ2v) is 5.17. The molecule has 1 aromatic heterocycles. The minimum atomic E-state index is -0.348. The Balaban J connectivity index is 1.86. The highest BCUT2D eigenvalue weighted by atomic mass is 16.3. The summed E-state index contributed by atoms with van der Waals surface area (Å²) in [6.45, 7) is 1.99. The molecule has 1 aromatic carbocycles. The zero-order chi connectivity index (χ0) is 14.4. The fourth-order valence-corrected chi connectivity index (χ4v) is 2.10. The molecule has 20 heavy (non-hydrogen) atoms. The van der Waals surface area contributed by atoms with E-state index in [-0.39, 0.29) is 6.10 Å². The van der Waals surface area contributed by atoms with Crippen LogP contribution in [0, 0.1) is 0 Å². The fraction of sp³-hybridized carbons (Fsp3) is 0.400. The molecular formula is C15H22N4O. The molecule has 0 aliphatic heterocycles. The highest BCUT2D eigenvalue weighted by Crippen LogP contribution is 2.09. The fourth-order valence-electron chi connectivity index (χ4n) is 2.10. The number of nitrogens with one attached hydrogen (secondary N) is 1. The first-order chi connectivity index (χ1) is 9.65. The number of rotatable bonds is 7.